The lowest BCUT2D eigenvalue weighted by atomic mass is 9.90. The Balaban J connectivity index is 1.29. The van der Waals surface area contributed by atoms with Gasteiger partial charge in [-0.3, -0.25) is 9.78 Å². The Morgan fingerprint density at radius 1 is 1.06 bits per heavy atom. The average molecular weight is 434 g/mol. The number of fused-ring (bicyclic) bond motifs is 2. The Morgan fingerprint density at radius 3 is 2.34 bits per heavy atom. The number of aromatic nitrogens is 3. The molecule has 1 amide bonds. The molecule has 2 aliphatic rings. The highest BCUT2D eigenvalue weighted by Crippen LogP contribution is 2.43. The molecule has 8 nitrogen and oxygen atoms in total. The molecule has 32 heavy (non-hydrogen) atoms. The number of carbonyl (C=O) groups excluding carboxylic acids is 1. The van der Waals surface area contributed by atoms with Crippen molar-refractivity contribution in [3.8, 4) is 22.9 Å². The molecule has 0 N–H and O–H groups in total. The molecular formula is C24H26N4O4. The number of rotatable bonds is 6. The zero-order chi connectivity index (χ0) is 22.1. The van der Waals surface area contributed by atoms with Crippen LogP contribution in [0.1, 0.15) is 43.1 Å². The van der Waals surface area contributed by atoms with E-state index in [-0.39, 0.29) is 23.9 Å². The third-order valence-corrected chi connectivity index (χ3v) is 6.52. The fourth-order valence-corrected chi connectivity index (χ4v) is 5.04. The number of amides is 1. The average Bonchev–Trinajstić information content (AvgIpc) is 3.42. The number of benzene rings is 1. The zero-order valence-electron chi connectivity index (χ0n) is 18.2. The van der Waals surface area contributed by atoms with Gasteiger partial charge in [-0.25, -0.2) is 0 Å². The second kappa shape index (κ2) is 8.61. The highest BCUT2D eigenvalue weighted by Gasteiger charge is 2.44. The summed E-state index contributed by atoms with van der Waals surface area (Å²) in [4.78, 5) is 24.0. The third kappa shape index (κ3) is 3.92. The summed E-state index contributed by atoms with van der Waals surface area (Å²) in [5.41, 5.74) is 1.78. The minimum absolute atomic E-state index is 0.147. The van der Waals surface area contributed by atoms with E-state index in [1.807, 2.05) is 30.3 Å². The first-order chi connectivity index (χ1) is 15.6. The van der Waals surface area contributed by atoms with E-state index in [4.69, 9.17) is 14.0 Å². The fraction of sp³-hybridized carbons (Fsp3) is 0.417. The Kier molecular flexibility index (Phi) is 5.51. The van der Waals surface area contributed by atoms with Crippen molar-refractivity contribution in [3.05, 3.63) is 54.2 Å². The van der Waals surface area contributed by atoms with Crippen LogP contribution in [-0.4, -0.2) is 52.2 Å². The van der Waals surface area contributed by atoms with Crippen molar-refractivity contribution in [1.29, 1.82) is 0 Å². The lowest BCUT2D eigenvalue weighted by molar-refractivity contribution is -0.135. The number of hydrogen-bond acceptors (Lipinski definition) is 7. The Labute approximate surface area is 186 Å². The molecule has 5 rings (SSSR count). The van der Waals surface area contributed by atoms with Gasteiger partial charge in [-0.1, -0.05) is 5.16 Å². The zero-order valence-corrected chi connectivity index (χ0v) is 18.2. The van der Waals surface area contributed by atoms with Crippen LogP contribution in [0.15, 0.2) is 47.2 Å². The molecule has 3 aromatic rings. The second-order valence-electron chi connectivity index (χ2n) is 8.44. The minimum atomic E-state index is 0.147. The van der Waals surface area contributed by atoms with Gasteiger partial charge >= 0.3 is 0 Å². The largest absolute Gasteiger partial charge is 0.497 e. The van der Waals surface area contributed by atoms with E-state index >= 15 is 0 Å². The molecule has 0 aliphatic carbocycles. The first-order valence-corrected chi connectivity index (χ1v) is 10.9. The maximum Gasteiger partial charge on any atom is 0.230 e. The number of piperidine rings is 1. The van der Waals surface area contributed by atoms with Crippen molar-refractivity contribution in [2.45, 2.75) is 50.1 Å². The third-order valence-electron chi connectivity index (χ3n) is 6.52. The summed E-state index contributed by atoms with van der Waals surface area (Å²) < 4.78 is 16.3. The molecule has 0 spiro atoms. The van der Waals surface area contributed by atoms with Crippen LogP contribution in [0.3, 0.4) is 0 Å². The molecule has 3 atom stereocenters. The smallest absolute Gasteiger partial charge is 0.230 e. The molecule has 2 saturated heterocycles. The highest BCUT2D eigenvalue weighted by molar-refractivity contribution is 5.80. The number of hydrogen-bond donors (Lipinski definition) is 0. The van der Waals surface area contributed by atoms with E-state index in [0.29, 0.717) is 29.6 Å². The molecule has 2 bridgehead atoms. The lowest BCUT2D eigenvalue weighted by Crippen LogP contribution is -2.46. The maximum atomic E-state index is 13.2. The van der Waals surface area contributed by atoms with Gasteiger partial charge in [0.15, 0.2) is 0 Å². The Hall–Kier alpha value is -3.42. The SMILES string of the molecule is COc1cc(CC(=O)N2[C@@H]3CC[C@H]2CC(c2nc(-c4ccncc4)no2)C3)cc(OC)c1. The molecule has 1 aromatic carbocycles. The molecule has 166 valence electrons. The molecule has 2 fully saturated rings. The van der Waals surface area contributed by atoms with Crippen LogP contribution in [0.2, 0.25) is 0 Å². The van der Waals surface area contributed by atoms with Gasteiger partial charge in [0.2, 0.25) is 17.6 Å². The van der Waals surface area contributed by atoms with Crippen LogP contribution < -0.4 is 9.47 Å². The van der Waals surface area contributed by atoms with Crippen LogP contribution >= 0.6 is 0 Å². The van der Waals surface area contributed by atoms with E-state index < -0.39 is 0 Å². The topological polar surface area (TPSA) is 90.6 Å². The van der Waals surface area contributed by atoms with Crippen LogP contribution in [0, 0.1) is 0 Å². The van der Waals surface area contributed by atoms with Crippen LogP contribution in [0.25, 0.3) is 11.4 Å². The number of nitrogens with zero attached hydrogens (tertiary/aromatic N) is 4. The summed E-state index contributed by atoms with van der Waals surface area (Å²) in [6, 6.07) is 9.75. The molecule has 8 heteroatoms. The van der Waals surface area contributed by atoms with E-state index in [1.54, 1.807) is 26.6 Å². The van der Waals surface area contributed by atoms with Crippen molar-refractivity contribution >= 4 is 5.91 Å². The molecule has 1 unspecified atom stereocenters. The van der Waals surface area contributed by atoms with E-state index in [9.17, 15) is 4.79 Å². The molecular weight excluding hydrogens is 408 g/mol. The Bertz CT molecular complexity index is 1060. The number of carbonyl (C=O) groups is 1. The van der Waals surface area contributed by atoms with Gasteiger partial charge in [-0.2, -0.15) is 4.98 Å². The van der Waals surface area contributed by atoms with E-state index in [2.05, 4.69) is 20.0 Å². The first-order valence-electron chi connectivity index (χ1n) is 10.9. The standard InChI is InChI=1S/C24H26N4O4/c1-30-20-9-15(10-21(14-20)31-2)11-22(29)28-18-3-4-19(28)13-17(12-18)24-26-23(27-32-24)16-5-7-25-8-6-16/h5-10,14,17-19H,3-4,11-13H2,1-2H3/t17?,18-,19+. The minimum Gasteiger partial charge on any atom is -0.497 e. The van der Waals surface area contributed by atoms with Crippen LogP contribution in [0.5, 0.6) is 11.5 Å². The summed E-state index contributed by atoms with van der Waals surface area (Å²) in [5, 5.41) is 4.16. The fourth-order valence-electron chi connectivity index (χ4n) is 5.04. The summed E-state index contributed by atoms with van der Waals surface area (Å²) in [7, 11) is 3.23. The maximum absolute atomic E-state index is 13.2. The Morgan fingerprint density at radius 2 is 1.72 bits per heavy atom. The van der Waals surface area contributed by atoms with Gasteiger partial charge in [0.25, 0.3) is 0 Å². The van der Waals surface area contributed by atoms with Crippen molar-refractivity contribution in [2.24, 2.45) is 0 Å². The van der Waals surface area contributed by atoms with Crippen molar-refractivity contribution < 1.29 is 18.8 Å². The van der Waals surface area contributed by atoms with Gasteiger partial charge in [-0.15, -0.1) is 0 Å². The summed E-state index contributed by atoms with van der Waals surface area (Å²) in [6.45, 7) is 0. The second-order valence-corrected chi connectivity index (χ2v) is 8.44. The molecule has 2 aliphatic heterocycles. The number of methoxy groups -OCH3 is 2. The van der Waals surface area contributed by atoms with Gasteiger partial charge in [-0.05, 0) is 55.5 Å². The monoisotopic (exact) mass is 434 g/mol. The molecule has 4 heterocycles. The predicted octanol–water partition coefficient (Wildman–Crippen LogP) is 3.63. The van der Waals surface area contributed by atoms with Crippen molar-refractivity contribution in [2.75, 3.05) is 14.2 Å². The highest BCUT2D eigenvalue weighted by atomic mass is 16.5. The van der Waals surface area contributed by atoms with Gasteiger partial charge in [0.1, 0.15) is 11.5 Å². The van der Waals surface area contributed by atoms with Crippen LogP contribution in [-0.2, 0) is 11.2 Å². The molecule has 0 saturated carbocycles. The summed E-state index contributed by atoms with van der Waals surface area (Å²) in [6.07, 6.45) is 7.49. The summed E-state index contributed by atoms with van der Waals surface area (Å²) >= 11 is 0. The van der Waals surface area contributed by atoms with E-state index in [1.165, 1.54) is 0 Å². The normalized spacial score (nSPS) is 22.1. The molecule has 2 aromatic heterocycles. The summed E-state index contributed by atoms with van der Waals surface area (Å²) in [5.74, 6) is 2.95. The van der Waals surface area contributed by atoms with Crippen LogP contribution in [0.4, 0.5) is 0 Å². The van der Waals surface area contributed by atoms with E-state index in [0.717, 1.165) is 36.8 Å². The predicted molar refractivity (Wildman–Crippen MR) is 116 cm³/mol. The number of ether oxygens (including phenoxy) is 2. The van der Waals surface area contributed by atoms with Gasteiger partial charge in [0, 0.05) is 42.0 Å². The quantitative estimate of drug-likeness (QED) is 0.585. The van der Waals surface area contributed by atoms with Gasteiger partial charge in [0.05, 0.1) is 20.6 Å². The lowest BCUT2D eigenvalue weighted by Gasteiger charge is -2.38. The van der Waals surface area contributed by atoms with Crippen molar-refractivity contribution in [3.63, 3.8) is 0 Å². The molecule has 0 radical (unpaired) electrons. The van der Waals surface area contributed by atoms with Gasteiger partial charge < -0.3 is 18.9 Å². The number of pyridine rings is 1. The van der Waals surface area contributed by atoms with Crippen molar-refractivity contribution in [1.82, 2.24) is 20.0 Å². The first kappa shape index (κ1) is 20.5.